The van der Waals surface area contributed by atoms with Gasteiger partial charge >= 0.3 is 0 Å². The van der Waals surface area contributed by atoms with Crippen molar-refractivity contribution in [1.82, 2.24) is 4.98 Å². The molecular formula is C19H25N5. The number of aryl methyl sites for hydroxylation is 2. The van der Waals surface area contributed by atoms with E-state index in [1.807, 2.05) is 12.3 Å². The van der Waals surface area contributed by atoms with Crippen LogP contribution in [0.1, 0.15) is 29.5 Å². The van der Waals surface area contributed by atoms with Gasteiger partial charge in [0.05, 0.1) is 6.54 Å². The summed E-state index contributed by atoms with van der Waals surface area (Å²) >= 11 is 0. The molecule has 2 aromatic rings. The van der Waals surface area contributed by atoms with Gasteiger partial charge in [0.1, 0.15) is 5.82 Å². The normalized spacial score (nSPS) is 14.9. The number of aliphatic imine (C=N–C) groups is 1. The van der Waals surface area contributed by atoms with Crippen molar-refractivity contribution in [2.75, 3.05) is 23.3 Å². The predicted octanol–water partition coefficient (Wildman–Crippen LogP) is 3.23. The third kappa shape index (κ3) is 4.25. The average Bonchev–Trinajstić information content (AvgIpc) is 3.07. The first-order chi connectivity index (χ1) is 11.6. The van der Waals surface area contributed by atoms with Crippen LogP contribution in [0.3, 0.4) is 0 Å². The van der Waals surface area contributed by atoms with Crippen LogP contribution in [0.2, 0.25) is 0 Å². The summed E-state index contributed by atoms with van der Waals surface area (Å²) < 4.78 is 0. The Balaban J connectivity index is 1.65. The lowest BCUT2D eigenvalue weighted by Gasteiger charge is -2.16. The Hall–Kier alpha value is -2.56. The van der Waals surface area contributed by atoms with E-state index in [9.17, 15) is 0 Å². The number of nitrogens with zero attached hydrogens (tertiary/aromatic N) is 3. The number of anilines is 2. The number of benzene rings is 1. The highest BCUT2D eigenvalue weighted by Crippen LogP contribution is 2.19. The molecule has 1 fully saturated rings. The molecule has 0 unspecified atom stereocenters. The van der Waals surface area contributed by atoms with Crippen molar-refractivity contribution in [1.29, 1.82) is 0 Å². The Morgan fingerprint density at radius 3 is 2.58 bits per heavy atom. The number of guanidine groups is 1. The van der Waals surface area contributed by atoms with Crippen molar-refractivity contribution < 1.29 is 0 Å². The van der Waals surface area contributed by atoms with Crippen molar-refractivity contribution in [3.05, 3.63) is 53.2 Å². The van der Waals surface area contributed by atoms with Gasteiger partial charge < -0.3 is 16.0 Å². The Bertz CT molecular complexity index is 712. The molecule has 0 atom stereocenters. The lowest BCUT2D eigenvalue weighted by molar-refractivity contribution is 0.928. The second kappa shape index (κ2) is 7.34. The number of rotatable bonds is 4. The minimum absolute atomic E-state index is 0.430. The second-order valence-corrected chi connectivity index (χ2v) is 6.42. The minimum atomic E-state index is 0.430. The molecule has 5 nitrogen and oxygen atoms in total. The summed E-state index contributed by atoms with van der Waals surface area (Å²) in [6.45, 7) is 6.88. The number of hydrogen-bond acceptors (Lipinski definition) is 3. The maximum atomic E-state index is 6.03. The Morgan fingerprint density at radius 1 is 1.17 bits per heavy atom. The van der Waals surface area contributed by atoms with Gasteiger partial charge in [-0.25, -0.2) is 9.98 Å². The summed E-state index contributed by atoms with van der Waals surface area (Å²) in [6.07, 6.45) is 4.35. The molecule has 1 aromatic heterocycles. The lowest BCUT2D eigenvalue weighted by atomic mass is 10.1. The van der Waals surface area contributed by atoms with Gasteiger partial charge in [-0.2, -0.15) is 0 Å². The molecule has 1 aliphatic rings. The smallest absolute Gasteiger partial charge is 0.193 e. The van der Waals surface area contributed by atoms with E-state index >= 15 is 0 Å². The summed E-state index contributed by atoms with van der Waals surface area (Å²) in [7, 11) is 0. The molecule has 5 heteroatoms. The van der Waals surface area contributed by atoms with Crippen LogP contribution in [0.5, 0.6) is 0 Å². The third-order valence-corrected chi connectivity index (χ3v) is 4.17. The third-order valence-electron chi connectivity index (χ3n) is 4.17. The molecule has 0 amide bonds. The van der Waals surface area contributed by atoms with Gasteiger partial charge in [0.25, 0.3) is 0 Å². The van der Waals surface area contributed by atoms with Crippen molar-refractivity contribution in [2.45, 2.75) is 33.2 Å². The predicted molar refractivity (Wildman–Crippen MR) is 101 cm³/mol. The van der Waals surface area contributed by atoms with Gasteiger partial charge in [-0.1, -0.05) is 6.07 Å². The first kappa shape index (κ1) is 16.3. The highest BCUT2D eigenvalue weighted by Gasteiger charge is 2.13. The summed E-state index contributed by atoms with van der Waals surface area (Å²) in [5.41, 5.74) is 10.5. The zero-order valence-corrected chi connectivity index (χ0v) is 14.4. The largest absolute Gasteiger partial charge is 0.370 e. The molecule has 24 heavy (non-hydrogen) atoms. The molecule has 1 aliphatic heterocycles. The standard InChI is InChI=1S/C19H25N5/c1-14-9-15(2)11-17(10-14)23-19(20)22-13-16-5-6-21-18(12-16)24-7-3-4-8-24/h5-6,9-12H,3-4,7-8,13H2,1-2H3,(H3,20,22,23). The Kier molecular flexibility index (Phi) is 4.99. The monoisotopic (exact) mass is 323 g/mol. The van der Waals surface area contributed by atoms with E-state index in [1.54, 1.807) is 0 Å². The molecule has 1 saturated heterocycles. The number of nitrogens with one attached hydrogen (secondary N) is 1. The summed E-state index contributed by atoms with van der Waals surface area (Å²) in [5, 5.41) is 3.17. The first-order valence-electron chi connectivity index (χ1n) is 8.45. The molecule has 0 saturated carbocycles. The summed E-state index contributed by atoms with van der Waals surface area (Å²) in [5.74, 6) is 1.47. The Labute approximate surface area is 143 Å². The van der Waals surface area contributed by atoms with Crippen LogP contribution in [-0.2, 0) is 6.54 Å². The maximum absolute atomic E-state index is 6.03. The fourth-order valence-corrected chi connectivity index (χ4v) is 3.09. The molecule has 126 valence electrons. The van der Waals surface area contributed by atoms with Crippen molar-refractivity contribution in [2.24, 2.45) is 10.7 Å². The van der Waals surface area contributed by atoms with Crippen molar-refractivity contribution in [3.8, 4) is 0 Å². The van der Waals surface area contributed by atoms with Crippen LogP contribution in [0, 0.1) is 13.8 Å². The zero-order valence-electron chi connectivity index (χ0n) is 14.4. The number of aromatic nitrogens is 1. The van der Waals surface area contributed by atoms with Crippen LogP contribution in [0.15, 0.2) is 41.5 Å². The fraction of sp³-hybridized carbons (Fsp3) is 0.368. The second-order valence-electron chi connectivity index (χ2n) is 6.42. The van der Waals surface area contributed by atoms with Gasteiger partial charge in [-0.05, 0) is 67.6 Å². The van der Waals surface area contributed by atoms with E-state index in [-0.39, 0.29) is 0 Å². The van der Waals surface area contributed by atoms with Gasteiger partial charge in [0.15, 0.2) is 5.96 Å². The SMILES string of the molecule is Cc1cc(C)cc(NC(N)=NCc2ccnc(N3CCCC3)c2)c1. The highest BCUT2D eigenvalue weighted by molar-refractivity contribution is 5.92. The number of pyridine rings is 1. The average molecular weight is 323 g/mol. The van der Waals surface area contributed by atoms with E-state index in [2.05, 4.69) is 58.3 Å². The minimum Gasteiger partial charge on any atom is -0.370 e. The lowest BCUT2D eigenvalue weighted by Crippen LogP contribution is -2.22. The topological polar surface area (TPSA) is 66.5 Å². The number of hydrogen-bond donors (Lipinski definition) is 2. The summed E-state index contributed by atoms with van der Waals surface area (Å²) in [4.78, 5) is 11.2. The first-order valence-corrected chi connectivity index (χ1v) is 8.45. The summed E-state index contributed by atoms with van der Waals surface area (Å²) in [6, 6.07) is 10.4. The molecular weight excluding hydrogens is 298 g/mol. The van der Waals surface area contributed by atoms with E-state index < -0.39 is 0 Å². The van der Waals surface area contributed by atoms with E-state index in [1.165, 1.54) is 24.0 Å². The molecule has 0 bridgehead atoms. The molecule has 0 spiro atoms. The number of nitrogens with two attached hydrogens (primary N) is 1. The molecule has 1 aromatic carbocycles. The van der Waals surface area contributed by atoms with Crippen LogP contribution >= 0.6 is 0 Å². The van der Waals surface area contributed by atoms with Crippen LogP contribution in [0.4, 0.5) is 11.5 Å². The van der Waals surface area contributed by atoms with Gasteiger partial charge in [-0.3, -0.25) is 0 Å². The van der Waals surface area contributed by atoms with Crippen LogP contribution < -0.4 is 16.0 Å². The van der Waals surface area contributed by atoms with E-state index in [0.29, 0.717) is 12.5 Å². The van der Waals surface area contributed by atoms with E-state index in [4.69, 9.17) is 5.73 Å². The van der Waals surface area contributed by atoms with Gasteiger partial charge in [0.2, 0.25) is 0 Å². The quantitative estimate of drug-likeness (QED) is 0.670. The molecule has 0 aliphatic carbocycles. The molecule has 3 rings (SSSR count). The zero-order chi connectivity index (χ0) is 16.9. The fourth-order valence-electron chi connectivity index (χ4n) is 3.09. The molecule has 0 radical (unpaired) electrons. The highest BCUT2D eigenvalue weighted by atomic mass is 15.2. The van der Waals surface area contributed by atoms with Crippen LogP contribution in [0.25, 0.3) is 0 Å². The molecule has 3 N–H and O–H groups in total. The van der Waals surface area contributed by atoms with Gasteiger partial charge in [0, 0.05) is 25.0 Å². The van der Waals surface area contributed by atoms with E-state index in [0.717, 1.165) is 30.2 Å². The Morgan fingerprint density at radius 2 is 1.88 bits per heavy atom. The van der Waals surface area contributed by atoms with Crippen LogP contribution in [-0.4, -0.2) is 24.0 Å². The van der Waals surface area contributed by atoms with Gasteiger partial charge in [-0.15, -0.1) is 0 Å². The maximum Gasteiger partial charge on any atom is 0.193 e. The van der Waals surface area contributed by atoms with Crippen molar-refractivity contribution in [3.63, 3.8) is 0 Å². The van der Waals surface area contributed by atoms with Crippen molar-refractivity contribution >= 4 is 17.5 Å². The molecule has 2 heterocycles.